The summed E-state index contributed by atoms with van der Waals surface area (Å²) in [4.78, 5) is 19.3. The average Bonchev–Trinajstić information content (AvgIpc) is 3.19. The molecule has 1 atom stereocenters. The van der Waals surface area contributed by atoms with E-state index in [-0.39, 0.29) is 11.9 Å². The second kappa shape index (κ2) is 7.19. The fraction of sp³-hybridized carbons (Fsp3) is 0.238. The number of hydrogen-bond acceptors (Lipinski definition) is 3. The summed E-state index contributed by atoms with van der Waals surface area (Å²) < 4.78 is 0. The molecule has 0 fully saturated rings. The molecule has 1 aliphatic rings. The summed E-state index contributed by atoms with van der Waals surface area (Å²) in [6.45, 7) is 0.686. The highest BCUT2D eigenvalue weighted by Crippen LogP contribution is 2.33. The van der Waals surface area contributed by atoms with E-state index in [1.54, 1.807) is 11.3 Å². The van der Waals surface area contributed by atoms with E-state index >= 15 is 0 Å². The molecule has 0 aliphatic carbocycles. The van der Waals surface area contributed by atoms with Gasteiger partial charge in [0.15, 0.2) is 0 Å². The molecule has 0 bridgehead atoms. The smallest absolute Gasteiger partial charge is 0.223 e. The molecular weight excluding hydrogens is 328 g/mol. The van der Waals surface area contributed by atoms with E-state index in [1.165, 1.54) is 16.7 Å². The summed E-state index contributed by atoms with van der Waals surface area (Å²) in [5.74, 6) is 0.205. The maximum Gasteiger partial charge on any atom is 0.223 e. The fourth-order valence-electron chi connectivity index (χ4n) is 3.50. The molecule has 0 N–H and O–H groups in total. The summed E-state index contributed by atoms with van der Waals surface area (Å²) in [5.41, 5.74) is 6.65. The Kier molecular flexibility index (Phi) is 4.61. The Morgan fingerprint density at radius 3 is 2.60 bits per heavy atom. The van der Waals surface area contributed by atoms with E-state index in [0.29, 0.717) is 19.4 Å². The summed E-state index contributed by atoms with van der Waals surface area (Å²) in [5, 5.41) is 2.02. The van der Waals surface area contributed by atoms with Gasteiger partial charge in [-0.2, -0.15) is 0 Å². The Morgan fingerprint density at radius 2 is 1.84 bits per heavy atom. The monoisotopic (exact) mass is 348 g/mol. The molecule has 0 spiro atoms. The molecule has 1 aliphatic heterocycles. The molecular formula is C21H20N2OS. The van der Waals surface area contributed by atoms with E-state index in [0.717, 1.165) is 12.1 Å². The number of aryl methyl sites for hydroxylation is 1. The average molecular weight is 348 g/mol. The van der Waals surface area contributed by atoms with E-state index in [2.05, 4.69) is 41.4 Å². The van der Waals surface area contributed by atoms with Crippen LogP contribution in [0.1, 0.15) is 34.8 Å². The van der Waals surface area contributed by atoms with Crippen molar-refractivity contribution in [1.29, 1.82) is 0 Å². The van der Waals surface area contributed by atoms with Crippen molar-refractivity contribution in [2.45, 2.75) is 31.8 Å². The van der Waals surface area contributed by atoms with Gasteiger partial charge in [-0.25, -0.2) is 4.98 Å². The van der Waals surface area contributed by atoms with Gasteiger partial charge in [0.05, 0.1) is 17.2 Å². The van der Waals surface area contributed by atoms with Crippen LogP contribution in [0.4, 0.5) is 0 Å². The first-order valence-electron chi connectivity index (χ1n) is 8.59. The normalized spacial score (nSPS) is 16.5. The lowest BCUT2D eigenvalue weighted by Crippen LogP contribution is -2.39. The third-order valence-corrected chi connectivity index (χ3v) is 5.47. The fourth-order valence-corrected chi connectivity index (χ4v) is 4.09. The van der Waals surface area contributed by atoms with Gasteiger partial charge < -0.3 is 4.90 Å². The van der Waals surface area contributed by atoms with Gasteiger partial charge in [0.2, 0.25) is 5.91 Å². The third kappa shape index (κ3) is 3.49. The van der Waals surface area contributed by atoms with Gasteiger partial charge in [-0.15, -0.1) is 11.3 Å². The van der Waals surface area contributed by atoms with Crippen molar-refractivity contribution in [1.82, 2.24) is 9.88 Å². The number of benzene rings is 2. The molecule has 3 aromatic rings. The van der Waals surface area contributed by atoms with Crippen molar-refractivity contribution >= 4 is 17.2 Å². The molecule has 1 aromatic heterocycles. The number of carbonyl (C=O) groups is 1. The van der Waals surface area contributed by atoms with Crippen molar-refractivity contribution in [3.63, 3.8) is 0 Å². The molecule has 2 aromatic carbocycles. The van der Waals surface area contributed by atoms with Gasteiger partial charge in [-0.05, 0) is 29.5 Å². The van der Waals surface area contributed by atoms with Crippen LogP contribution in [0.25, 0.3) is 0 Å². The van der Waals surface area contributed by atoms with Gasteiger partial charge in [-0.3, -0.25) is 4.79 Å². The van der Waals surface area contributed by atoms with Crippen LogP contribution in [0.3, 0.4) is 0 Å². The Labute approximate surface area is 152 Å². The highest BCUT2D eigenvalue weighted by atomic mass is 32.1. The Morgan fingerprint density at radius 1 is 1.08 bits per heavy atom. The van der Waals surface area contributed by atoms with Crippen molar-refractivity contribution < 1.29 is 4.79 Å². The molecule has 1 amide bonds. The maximum absolute atomic E-state index is 13.0. The van der Waals surface area contributed by atoms with Crippen LogP contribution >= 0.6 is 11.3 Å². The van der Waals surface area contributed by atoms with Gasteiger partial charge >= 0.3 is 0 Å². The summed E-state index contributed by atoms with van der Waals surface area (Å²) in [6, 6.07) is 18.9. The number of rotatable bonds is 4. The first-order valence-corrected chi connectivity index (χ1v) is 9.54. The van der Waals surface area contributed by atoms with Crippen LogP contribution in [0, 0.1) is 0 Å². The molecule has 25 heavy (non-hydrogen) atoms. The van der Waals surface area contributed by atoms with Crippen molar-refractivity contribution in [2.24, 2.45) is 0 Å². The number of hydrogen-bond donors (Lipinski definition) is 0. The second-order valence-electron chi connectivity index (χ2n) is 6.40. The lowest BCUT2D eigenvalue weighted by Gasteiger charge is -2.37. The first-order chi connectivity index (χ1) is 12.3. The van der Waals surface area contributed by atoms with Crippen LogP contribution in [0.2, 0.25) is 0 Å². The lowest BCUT2D eigenvalue weighted by atomic mass is 9.89. The topological polar surface area (TPSA) is 33.2 Å². The molecule has 4 rings (SSSR count). The zero-order valence-corrected chi connectivity index (χ0v) is 14.8. The largest absolute Gasteiger partial charge is 0.331 e. The van der Waals surface area contributed by atoms with Crippen molar-refractivity contribution in [3.8, 4) is 0 Å². The highest BCUT2D eigenvalue weighted by Gasteiger charge is 2.30. The third-order valence-electron chi connectivity index (χ3n) is 4.83. The SMILES string of the molecule is O=C(CCc1cscn1)N1Cc2ccccc2C[C@@H]1c1ccccc1. The molecule has 3 nitrogen and oxygen atoms in total. The lowest BCUT2D eigenvalue weighted by molar-refractivity contribution is -0.134. The number of fused-ring (bicyclic) bond motifs is 1. The van der Waals surface area contributed by atoms with E-state index in [9.17, 15) is 4.79 Å². The zero-order valence-electron chi connectivity index (χ0n) is 14.0. The zero-order chi connectivity index (χ0) is 17.1. The maximum atomic E-state index is 13.0. The van der Waals surface area contributed by atoms with Gasteiger partial charge in [0.25, 0.3) is 0 Å². The summed E-state index contributed by atoms with van der Waals surface area (Å²) >= 11 is 1.58. The number of nitrogens with zero attached hydrogens (tertiary/aromatic N) is 2. The molecule has 0 saturated carbocycles. The van der Waals surface area contributed by atoms with Crippen molar-refractivity contribution in [2.75, 3.05) is 0 Å². The number of thiazole rings is 1. The number of carbonyl (C=O) groups excluding carboxylic acids is 1. The Hall–Kier alpha value is -2.46. The molecule has 0 unspecified atom stereocenters. The van der Waals surface area contributed by atoms with Crippen LogP contribution in [0.15, 0.2) is 65.5 Å². The van der Waals surface area contributed by atoms with Crippen LogP contribution < -0.4 is 0 Å². The summed E-state index contributed by atoms with van der Waals surface area (Å²) in [6.07, 6.45) is 2.10. The minimum atomic E-state index is 0.110. The van der Waals surface area contributed by atoms with Crippen LogP contribution in [-0.4, -0.2) is 15.8 Å². The van der Waals surface area contributed by atoms with Gasteiger partial charge in [0.1, 0.15) is 0 Å². The highest BCUT2D eigenvalue weighted by molar-refractivity contribution is 7.07. The molecule has 4 heteroatoms. The molecule has 2 heterocycles. The van der Waals surface area contributed by atoms with Crippen LogP contribution in [0.5, 0.6) is 0 Å². The molecule has 0 saturated heterocycles. The standard InChI is InChI=1S/C21H20N2OS/c24-21(11-10-19-14-25-15-22-19)23-13-18-9-5-4-8-17(18)12-20(23)16-6-2-1-3-7-16/h1-9,14-15,20H,10-13H2/t20-/m1/s1. The van der Waals surface area contributed by atoms with E-state index in [4.69, 9.17) is 0 Å². The predicted molar refractivity (Wildman–Crippen MR) is 100 cm³/mol. The number of aromatic nitrogens is 1. The quantitative estimate of drug-likeness (QED) is 0.700. The molecule has 126 valence electrons. The van der Waals surface area contributed by atoms with Gasteiger partial charge in [-0.1, -0.05) is 54.6 Å². The Balaban J connectivity index is 1.59. The minimum absolute atomic E-state index is 0.110. The predicted octanol–water partition coefficient (Wildman–Crippen LogP) is 4.40. The number of amides is 1. The van der Waals surface area contributed by atoms with Crippen molar-refractivity contribution in [3.05, 3.63) is 87.9 Å². The van der Waals surface area contributed by atoms with E-state index in [1.807, 2.05) is 34.0 Å². The minimum Gasteiger partial charge on any atom is -0.331 e. The summed E-state index contributed by atoms with van der Waals surface area (Å²) in [7, 11) is 0. The Bertz CT molecular complexity index is 845. The van der Waals surface area contributed by atoms with Gasteiger partial charge in [0, 0.05) is 18.3 Å². The van der Waals surface area contributed by atoms with E-state index < -0.39 is 0 Å². The second-order valence-corrected chi connectivity index (χ2v) is 7.12. The molecule has 0 radical (unpaired) electrons. The van der Waals surface area contributed by atoms with Crippen LogP contribution in [-0.2, 0) is 24.2 Å². The first kappa shape index (κ1) is 16.0.